The number of esters is 1. The van der Waals surface area contributed by atoms with E-state index in [1.807, 2.05) is 43.7 Å². The number of nitrogens with zero attached hydrogens (tertiary/aromatic N) is 2. The summed E-state index contributed by atoms with van der Waals surface area (Å²) in [6, 6.07) is 7.70. The Morgan fingerprint density at radius 3 is 2.61 bits per heavy atom. The van der Waals surface area contributed by atoms with Gasteiger partial charge in [-0.15, -0.1) is 10.0 Å². The number of nitriles is 1. The smallest absolute Gasteiger partial charge is 0.341 e. The van der Waals surface area contributed by atoms with Crippen LogP contribution in [0.2, 0.25) is 0 Å². The zero-order valence-electron chi connectivity index (χ0n) is 14.0. The Morgan fingerprint density at radius 2 is 2.00 bits per heavy atom. The van der Waals surface area contributed by atoms with Crippen molar-refractivity contribution in [3.05, 3.63) is 35.5 Å². The van der Waals surface area contributed by atoms with E-state index in [1.54, 1.807) is 6.92 Å². The van der Waals surface area contributed by atoms with Gasteiger partial charge in [-0.25, -0.2) is 4.79 Å². The fourth-order valence-electron chi connectivity index (χ4n) is 2.64. The van der Waals surface area contributed by atoms with Gasteiger partial charge >= 0.3 is 5.97 Å². The number of fused-ring (bicyclic) bond motifs is 1. The van der Waals surface area contributed by atoms with E-state index in [4.69, 9.17) is 4.74 Å². The van der Waals surface area contributed by atoms with E-state index < -0.39 is 10.0 Å². The quantitative estimate of drug-likeness (QED) is 0.607. The number of carbonyl (C=O) groups is 1. The van der Waals surface area contributed by atoms with Crippen LogP contribution in [0.15, 0.2) is 29.2 Å². The second kappa shape index (κ2) is 7.01. The van der Waals surface area contributed by atoms with Crippen LogP contribution in [-0.2, 0) is 11.2 Å². The SMILES string of the molecule is CCCc1nc2ccccc2c(S(C)(C)C#N)c1C(=O)OCC. The summed E-state index contributed by atoms with van der Waals surface area (Å²) in [6.07, 6.45) is 5.38. The van der Waals surface area contributed by atoms with Gasteiger partial charge in [0.1, 0.15) is 5.40 Å². The molecule has 122 valence electrons. The molecule has 0 amide bonds. The van der Waals surface area contributed by atoms with Gasteiger partial charge in [0.15, 0.2) is 0 Å². The lowest BCUT2D eigenvalue weighted by molar-refractivity contribution is 0.0520. The van der Waals surface area contributed by atoms with Crippen LogP contribution in [0.4, 0.5) is 0 Å². The number of para-hydroxylation sites is 1. The highest BCUT2D eigenvalue weighted by Gasteiger charge is 2.29. The largest absolute Gasteiger partial charge is 0.462 e. The molecular weight excluding hydrogens is 308 g/mol. The first kappa shape index (κ1) is 17.3. The van der Waals surface area contributed by atoms with Crippen LogP contribution in [0.1, 0.15) is 36.3 Å². The van der Waals surface area contributed by atoms with Crippen molar-refractivity contribution in [2.45, 2.75) is 31.6 Å². The van der Waals surface area contributed by atoms with E-state index in [0.717, 1.165) is 27.9 Å². The highest BCUT2D eigenvalue weighted by atomic mass is 32.3. The number of pyridine rings is 1. The van der Waals surface area contributed by atoms with E-state index in [9.17, 15) is 10.1 Å². The number of ether oxygens (including phenoxy) is 1. The van der Waals surface area contributed by atoms with Crippen LogP contribution in [0, 0.1) is 10.7 Å². The van der Waals surface area contributed by atoms with Crippen molar-refractivity contribution in [3.63, 3.8) is 0 Å². The first-order valence-electron chi connectivity index (χ1n) is 7.69. The van der Waals surface area contributed by atoms with Crippen LogP contribution >= 0.6 is 10.0 Å². The molecule has 0 aliphatic rings. The summed E-state index contributed by atoms with van der Waals surface area (Å²) in [7, 11) is -1.79. The number of hydrogen-bond acceptors (Lipinski definition) is 4. The lowest BCUT2D eigenvalue weighted by Crippen LogP contribution is -2.15. The molecule has 23 heavy (non-hydrogen) atoms. The molecule has 0 fully saturated rings. The third-order valence-electron chi connectivity index (χ3n) is 3.62. The molecule has 2 aromatic rings. The van der Waals surface area contributed by atoms with Crippen LogP contribution in [0.25, 0.3) is 10.9 Å². The summed E-state index contributed by atoms with van der Waals surface area (Å²) < 4.78 is 5.27. The van der Waals surface area contributed by atoms with Crippen molar-refractivity contribution in [2.24, 2.45) is 0 Å². The fourth-order valence-corrected chi connectivity index (χ4v) is 4.16. The number of aryl methyl sites for hydroxylation is 1. The maximum absolute atomic E-state index is 12.6. The molecule has 1 heterocycles. The van der Waals surface area contributed by atoms with Gasteiger partial charge in [0, 0.05) is 10.3 Å². The molecule has 0 unspecified atom stereocenters. The minimum atomic E-state index is -1.79. The van der Waals surface area contributed by atoms with Crippen LogP contribution in [-0.4, -0.2) is 30.1 Å². The molecule has 1 aromatic heterocycles. The van der Waals surface area contributed by atoms with Crippen LogP contribution in [0.3, 0.4) is 0 Å². The van der Waals surface area contributed by atoms with Crippen LogP contribution < -0.4 is 0 Å². The number of aromatic nitrogens is 1. The van der Waals surface area contributed by atoms with Gasteiger partial charge in [-0.3, -0.25) is 4.98 Å². The molecule has 0 spiro atoms. The highest BCUT2D eigenvalue weighted by molar-refractivity contribution is 8.36. The van der Waals surface area contributed by atoms with Gasteiger partial charge in [-0.05, 0) is 31.9 Å². The van der Waals surface area contributed by atoms with Gasteiger partial charge in [0.2, 0.25) is 0 Å². The molecule has 0 aliphatic heterocycles. The zero-order valence-corrected chi connectivity index (χ0v) is 14.9. The van der Waals surface area contributed by atoms with Gasteiger partial charge in [-0.2, -0.15) is 5.26 Å². The van der Waals surface area contributed by atoms with Gasteiger partial charge in [0.25, 0.3) is 0 Å². The molecule has 0 bridgehead atoms. The molecule has 1 aromatic carbocycles. The second-order valence-corrected chi connectivity index (χ2v) is 8.91. The monoisotopic (exact) mass is 330 g/mol. The maximum Gasteiger partial charge on any atom is 0.341 e. The molecular formula is C18H22N2O2S. The average Bonchev–Trinajstić information content (AvgIpc) is 2.54. The van der Waals surface area contributed by atoms with Crippen molar-refractivity contribution >= 4 is 26.9 Å². The lowest BCUT2D eigenvalue weighted by Gasteiger charge is -2.27. The van der Waals surface area contributed by atoms with Crippen molar-refractivity contribution in [1.82, 2.24) is 4.98 Å². The van der Waals surface area contributed by atoms with E-state index in [0.29, 0.717) is 18.6 Å². The Labute approximate surface area is 138 Å². The van der Waals surface area contributed by atoms with Gasteiger partial charge in [0.05, 0.1) is 23.4 Å². The highest BCUT2D eigenvalue weighted by Crippen LogP contribution is 2.53. The Morgan fingerprint density at radius 1 is 1.30 bits per heavy atom. The predicted octanol–water partition coefficient (Wildman–Crippen LogP) is 4.27. The fraction of sp³-hybridized carbons (Fsp3) is 0.389. The van der Waals surface area contributed by atoms with Crippen molar-refractivity contribution < 1.29 is 9.53 Å². The predicted molar refractivity (Wildman–Crippen MR) is 95.0 cm³/mol. The zero-order chi connectivity index (χ0) is 17.0. The first-order valence-corrected chi connectivity index (χ1v) is 10.1. The number of hydrogen-bond donors (Lipinski definition) is 0. The number of rotatable bonds is 5. The molecule has 5 heteroatoms. The molecule has 0 N–H and O–H groups in total. The van der Waals surface area contributed by atoms with Gasteiger partial charge in [-0.1, -0.05) is 31.5 Å². The summed E-state index contributed by atoms with van der Waals surface area (Å²) >= 11 is 0. The Hall–Kier alpha value is -2.06. The number of thiocyanates is 1. The van der Waals surface area contributed by atoms with E-state index in [2.05, 4.69) is 10.4 Å². The summed E-state index contributed by atoms with van der Waals surface area (Å²) in [5.74, 6) is -0.375. The topological polar surface area (TPSA) is 63.0 Å². The minimum absolute atomic E-state index is 0.305. The van der Waals surface area contributed by atoms with E-state index in [1.165, 1.54) is 0 Å². The first-order chi connectivity index (χ1) is 11.0. The van der Waals surface area contributed by atoms with Crippen molar-refractivity contribution in [2.75, 3.05) is 19.1 Å². The maximum atomic E-state index is 12.6. The molecule has 0 saturated carbocycles. The molecule has 0 saturated heterocycles. The average molecular weight is 330 g/mol. The second-order valence-electron chi connectivity index (χ2n) is 5.67. The molecule has 0 aliphatic carbocycles. The summed E-state index contributed by atoms with van der Waals surface area (Å²) in [5.41, 5.74) is 2.05. The normalized spacial score (nSPS) is 12.0. The Bertz CT molecular complexity index is 778. The van der Waals surface area contributed by atoms with Crippen molar-refractivity contribution in [1.29, 1.82) is 5.26 Å². The summed E-state index contributed by atoms with van der Waals surface area (Å²) in [5, 5.41) is 13.0. The standard InChI is InChI=1S/C18H22N2O2S/c1-5-9-15-16(18(21)22-6-2)17(23(3,4)12-19)13-10-7-8-11-14(13)20-15/h7-8,10-11H,5-6,9H2,1-4H3. The number of benzene rings is 1. The summed E-state index contributed by atoms with van der Waals surface area (Å²) in [6.45, 7) is 4.14. The van der Waals surface area contributed by atoms with Crippen molar-refractivity contribution in [3.8, 4) is 5.40 Å². The molecule has 4 nitrogen and oxygen atoms in total. The van der Waals surface area contributed by atoms with E-state index in [-0.39, 0.29) is 5.97 Å². The minimum Gasteiger partial charge on any atom is -0.462 e. The number of carbonyl (C=O) groups excluding carboxylic acids is 1. The van der Waals surface area contributed by atoms with Gasteiger partial charge < -0.3 is 4.74 Å². The third kappa shape index (κ3) is 3.32. The molecule has 2 rings (SSSR count). The molecule has 0 atom stereocenters. The van der Waals surface area contributed by atoms with Crippen LogP contribution in [0.5, 0.6) is 0 Å². The Balaban J connectivity index is 2.91. The van der Waals surface area contributed by atoms with E-state index >= 15 is 0 Å². The molecule has 0 radical (unpaired) electrons. The summed E-state index contributed by atoms with van der Waals surface area (Å²) in [4.78, 5) is 18.1. The Kier molecular flexibility index (Phi) is 5.27. The lowest BCUT2D eigenvalue weighted by atomic mass is 10.1. The third-order valence-corrected chi connectivity index (χ3v) is 5.53.